The quantitative estimate of drug-likeness (QED) is 0.456. The second-order valence-corrected chi connectivity index (χ2v) is 5.75. The largest absolute Gasteiger partial charge is 0.425 e. The number of carbonyl (C=O) groups excluding carboxylic acids is 1. The minimum absolute atomic E-state index is 0.109. The lowest BCUT2D eigenvalue weighted by Crippen LogP contribution is -2.28. The van der Waals surface area contributed by atoms with Crippen molar-refractivity contribution in [2.75, 3.05) is 4.90 Å². The van der Waals surface area contributed by atoms with E-state index in [9.17, 15) is 20.2 Å². The molecule has 3 rings (SSSR count). The highest BCUT2D eigenvalue weighted by Crippen LogP contribution is 2.28. The predicted molar refractivity (Wildman–Crippen MR) is 103 cm³/mol. The first-order valence-corrected chi connectivity index (χ1v) is 8.35. The van der Waals surface area contributed by atoms with E-state index in [2.05, 4.69) is 0 Å². The summed E-state index contributed by atoms with van der Waals surface area (Å²) in [6, 6.07) is 25.1. The first kappa shape index (κ1) is 18.6. The van der Waals surface area contributed by atoms with Crippen molar-refractivity contribution >= 4 is 23.2 Å². The van der Waals surface area contributed by atoms with Crippen LogP contribution in [-0.2, 0) is 4.74 Å². The number of amides is 1. The molecule has 0 aliphatic heterocycles. The molecule has 0 heterocycles. The van der Waals surface area contributed by atoms with Crippen LogP contribution in [0.2, 0.25) is 0 Å². The van der Waals surface area contributed by atoms with Crippen LogP contribution < -0.4 is 4.90 Å². The number of hydrogen-bond donors (Lipinski definition) is 0. The molecule has 0 aromatic heterocycles. The van der Waals surface area contributed by atoms with Gasteiger partial charge in [-0.05, 0) is 36.4 Å². The van der Waals surface area contributed by atoms with Gasteiger partial charge in [-0.2, -0.15) is 5.26 Å². The molecule has 0 saturated carbocycles. The Balaban J connectivity index is 1.88. The number of carbonyl (C=O) groups is 1. The highest BCUT2D eigenvalue weighted by molar-refractivity contribution is 5.96. The van der Waals surface area contributed by atoms with Gasteiger partial charge < -0.3 is 4.74 Å². The van der Waals surface area contributed by atoms with Crippen LogP contribution in [0, 0.1) is 21.4 Å². The summed E-state index contributed by atoms with van der Waals surface area (Å²) in [5, 5.41) is 20.2. The van der Waals surface area contributed by atoms with Crippen LogP contribution in [0.4, 0.5) is 21.9 Å². The summed E-state index contributed by atoms with van der Waals surface area (Å²) in [5.41, 5.74) is 1.41. The topological polar surface area (TPSA) is 96.5 Å². The highest BCUT2D eigenvalue weighted by atomic mass is 16.6. The van der Waals surface area contributed by atoms with Gasteiger partial charge in [0.05, 0.1) is 16.3 Å². The number of nitro groups is 1. The Morgan fingerprint density at radius 2 is 1.43 bits per heavy atom. The predicted octanol–water partition coefficient (Wildman–Crippen LogP) is 5.13. The fourth-order valence-electron chi connectivity index (χ4n) is 2.61. The third-order valence-corrected chi connectivity index (χ3v) is 3.95. The van der Waals surface area contributed by atoms with E-state index in [1.807, 2.05) is 18.2 Å². The number of para-hydroxylation sites is 2. The molecule has 0 saturated heterocycles. The Kier molecular flexibility index (Phi) is 5.63. The van der Waals surface area contributed by atoms with E-state index >= 15 is 0 Å². The molecule has 7 heteroatoms. The number of anilines is 2. The van der Waals surface area contributed by atoms with E-state index in [-0.39, 0.29) is 5.69 Å². The van der Waals surface area contributed by atoms with Gasteiger partial charge in [-0.15, -0.1) is 0 Å². The number of nitriles is 1. The van der Waals surface area contributed by atoms with Crippen molar-refractivity contribution in [3.05, 3.63) is 101 Å². The molecule has 7 nitrogen and oxygen atoms in total. The van der Waals surface area contributed by atoms with E-state index in [0.29, 0.717) is 16.9 Å². The van der Waals surface area contributed by atoms with Gasteiger partial charge in [-0.1, -0.05) is 36.4 Å². The maximum atomic E-state index is 12.9. The fourth-order valence-corrected chi connectivity index (χ4v) is 2.61. The number of ether oxygens (including phenoxy) is 1. The maximum Gasteiger partial charge on any atom is 0.420 e. The zero-order chi connectivity index (χ0) is 19.9. The molecular formula is C21H15N3O4. The average Bonchev–Trinajstić information content (AvgIpc) is 2.74. The standard InChI is InChI=1S/C21H15N3O4/c22-15-20(16-11-13-19(14-12-16)24(26)27)28-21(25)23(17-7-3-1-4-8-17)18-9-5-2-6-10-18/h1-14,20H. The fraction of sp³-hybridized carbons (Fsp3) is 0.0476. The van der Waals surface area contributed by atoms with E-state index in [4.69, 9.17) is 4.74 Å². The molecule has 0 bridgehead atoms. The van der Waals surface area contributed by atoms with Crippen LogP contribution in [0.15, 0.2) is 84.9 Å². The lowest BCUT2D eigenvalue weighted by atomic mass is 10.1. The summed E-state index contributed by atoms with van der Waals surface area (Å²) in [5.74, 6) is 0. The van der Waals surface area contributed by atoms with Crippen molar-refractivity contribution in [1.82, 2.24) is 0 Å². The van der Waals surface area contributed by atoms with Gasteiger partial charge in [0.1, 0.15) is 6.07 Å². The summed E-state index contributed by atoms with van der Waals surface area (Å²) < 4.78 is 5.41. The van der Waals surface area contributed by atoms with Gasteiger partial charge in [0.25, 0.3) is 5.69 Å². The van der Waals surface area contributed by atoms with Crippen LogP contribution in [0.3, 0.4) is 0 Å². The van der Waals surface area contributed by atoms with Crippen molar-refractivity contribution in [2.45, 2.75) is 6.10 Å². The van der Waals surface area contributed by atoms with Gasteiger partial charge in [-0.25, -0.2) is 9.69 Å². The van der Waals surface area contributed by atoms with Crippen molar-refractivity contribution < 1.29 is 14.5 Å². The Hall–Kier alpha value is -4.18. The molecule has 3 aromatic rings. The first-order valence-electron chi connectivity index (χ1n) is 8.35. The van der Waals surface area contributed by atoms with Gasteiger partial charge in [0, 0.05) is 17.7 Å². The monoisotopic (exact) mass is 373 g/mol. The second-order valence-electron chi connectivity index (χ2n) is 5.75. The van der Waals surface area contributed by atoms with Gasteiger partial charge in [0.2, 0.25) is 6.10 Å². The molecule has 0 radical (unpaired) electrons. The Morgan fingerprint density at radius 1 is 0.929 bits per heavy atom. The summed E-state index contributed by atoms with van der Waals surface area (Å²) in [7, 11) is 0. The van der Waals surface area contributed by atoms with Gasteiger partial charge in [0.15, 0.2) is 0 Å². The molecule has 1 atom stereocenters. The average molecular weight is 373 g/mol. The van der Waals surface area contributed by atoms with Crippen molar-refractivity contribution in [2.24, 2.45) is 0 Å². The smallest absolute Gasteiger partial charge is 0.420 e. The molecule has 138 valence electrons. The molecule has 28 heavy (non-hydrogen) atoms. The second kappa shape index (κ2) is 8.47. The normalized spacial score (nSPS) is 11.1. The van der Waals surface area contributed by atoms with Crippen LogP contribution in [0.25, 0.3) is 0 Å². The third-order valence-electron chi connectivity index (χ3n) is 3.95. The lowest BCUT2D eigenvalue weighted by Gasteiger charge is -2.23. The first-order chi connectivity index (χ1) is 13.6. The van der Waals surface area contributed by atoms with Crippen molar-refractivity contribution in [1.29, 1.82) is 5.26 Å². The van der Waals surface area contributed by atoms with Crippen LogP contribution in [0.1, 0.15) is 11.7 Å². The summed E-state index contributed by atoms with van der Waals surface area (Å²) in [4.78, 5) is 24.5. The van der Waals surface area contributed by atoms with Gasteiger partial charge in [-0.3, -0.25) is 10.1 Å². The number of rotatable bonds is 5. The number of benzene rings is 3. The molecule has 0 aliphatic carbocycles. The number of non-ortho nitro benzene ring substituents is 1. The van der Waals surface area contributed by atoms with Crippen LogP contribution in [0.5, 0.6) is 0 Å². The summed E-state index contributed by atoms with van der Waals surface area (Å²) in [6.45, 7) is 0. The zero-order valence-corrected chi connectivity index (χ0v) is 14.6. The minimum atomic E-state index is -1.21. The van der Waals surface area contributed by atoms with Gasteiger partial charge >= 0.3 is 6.09 Å². The molecule has 0 aliphatic rings. The van der Waals surface area contributed by atoms with E-state index in [1.54, 1.807) is 48.5 Å². The molecule has 1 amide bonds. The molecule has 0 spiro atoms. The molecular weight excluding hydrogens is 358 g/mol. The summed E-state index contributed by atoms with van der Waals surface area (Å²) >= 11 is 0. The SMILES string of the molecule is N#CC(OC(=O)N(c1ccccc1)c1ccccc1)c1ccc([N+](=O)[O-])cc1. The third kappa shape index (κ3) is 4.14. The summed E-state index contributed by atoms with van der Waals surface area (Å²) in [6.07, 6.45) is -1.94. The Labute approximate surface area is 161 Å². The zero-order valence-electron chi connectivity index (χ0n) is 14.6. The number of nitro benzene ring substituents is 1. The van der Waals surface area contributed by atoms with E-state index in [0.717, 1.165) is 0 Å². The minimum Gasteiger partial charge on any atom is -0.425 e. The van der Waals surface area contributed by atoms with Crippen molar-refractivity contribution in [3.8, 4) is 6.07 Å². The Bertz CT molecular complexity index is 960. The van der Waals surface area contributed by atoms with E-state index < -0.39 is 17.1 Å². The number of nitrogens with zero attached hydrogens (tertiary/aromatic N) is 3. The number of hydrogen-bond acceptors (Lipinski definition) is 5. The molecule has 0 N–H and O–H groups in total. The molecule has 0 fully saturated rings. The molecule has 3 aromatic carbocycles. The highest BCUT2D eigenvalue weighted by Gasteiger charge is 2.24. The Morgan fingerprint density at radius 3 is 1.86 bits per heavy atom. The maximum absolute atomic E-state index is 12.9. The lowest BCUT2D eigenvalue weighted by molar-refractivity contribution is -0.384. The van der Waals surface area contributed by atoms with Crippen LogP contribution >= 0.6 is 0 Å². The molecule has 1 unspecified atom stereocenters. The van der Waals surface area contributed by atoms with E-state index in [1.165, 1.54) is 29.2 Å². The van der Waals surface area contributed by atoms with Crippen LogP contribution in [-0.4, -0.2) is 11.0 Å². The van der Waals surface area contributed by atoms with Crippen molar-refractivity contribution in [3.63, 3.8) is 0 Å².